The van der Waals surface area contributed by atoms with E-state index in [2.05, 4.69) is 10.3 Å². The average Bonchev–Trinajstić information content (AvgIpc) is 2.34. The maximum Gasteiger partial charge on any atom is 0.259 e. The Morgan fingerprint density at radius 3 is 2.89 bits per heavy atom. The number of benzene rings is 1. The highest BCUT2D eigenvalue weighted by atomic mass is 19.1. The van der Waals surface area contributed by atoms with Gasteiger partial charge in [0.15, 0.2) is 0 Å². The number of nitrogens with one attached hydrogen (secondary N) is 1. The van der Waals surface area contributed by atoms with Crippen molar-refractivity contribution in [1.82, 2.24) is 4.98 Å². The molecule has 0 saturated carbocycles. The van der Waals surface area contributed by atoms with Gasteiger partial charge in [0.2, 0.25) is 0 Å². The molecule has 0 aliphatic heterocycles. The molecule has 2 aromatic rings. The van der Waals surface area contributed by atoms with Gasteiger partial charge in [-0.25, -0.2) is 4.39 Å². The van der Waals surface area contributed by atoms with E-state index in [1.54, 1.807) is 0 Å². The fourth-order valence-electron chi connectivity index (χ4n) is 1.40. The number of carbonyl (C=O) groups is 1. The van der Waals surface area contributed by atoms with Crippen molar-refractivity contribution >= 4 is 17.3 Å². The van der Waals surface area contributed by atoms with E-state index >= 15 is 0 Å². The van der Waals surface area contributed by atoms with Crippen LogP contribution in [0, 0.1) is 5.82 Å². The van der Waals surface area contributed by atoms with E-state index in [9.17, 15) is 14.3 Å². The number of nitrogens with zero attached hydrogens (tertiary/aromatic N) is 1. The fourth-order valence-corrected chi connectivity index (χ4v) is 1.40. The molecular weight excluding hydrogens is 237 g/mol. The summed E-state index contributed by atoms with van der Waals surface area (Å²) >= 11 is 0. The zero-order valence-electron chi connectivity index (χ0n) is 9.22. The zero-order chi connectivity index (χ0) is 13.1. The van der Waals surface area contributed by atoms with Crippen LogP contribution in [0.15, 0.2) is 36.7 Å². The van der Waals surface area contributed by atoms with E-state index in [0.29, 0.717) is 0 Å². The van der Waals surface area contributed by atoms with Crippen LogP contribution in [0.3, 0.4) is 0 Å². The molecule has 6 heteroatoms. The minimum atomic E-state index is -0.591. The Morgan fingerprint density at radius 2 is 2.17 bits per heavy atom. The van der Waals surface area contributed by atoms with Crippen LogP contribution < -0.4 is 11.1 Å². The van der Waals surface area contributed by atoms with Crippen LogP contribution in [-0.2, 0) is 0 Å². The number of amides is 1. The number of anilines is 2. The highest BCUT2D eigenvalue weighted by molar-refractivity contribution is 6.07. The first kappa shape index (κ1) is 11.8. The molecule has 1 aromatic carbocycles. The summed E-state index contributed by atoms with van der Waals surface area (Å²) in [5.74, 6) is -1.37. The number of carbonyl (C=O) groups excluding carboxylic acids is 1. The number of nitrogen functional groups attached to an aromatic ring is 1. The van der Waals surface area contributed by atoms with Gasteiger partial charge in [-0.15, -0.1) is 0 Å². The molecule has 0 aliphatic carbocycles. The highest BCUT2D eigenvalue weighted by Gasteiger charge is 2.12. The van der Waals surface area contributed by atoms with Gasteiger partial charge in [0.05, 0.1) is 23.1 Å². The third-order valence-corrected chi connectivity index (χ3v) is 2.31. The van der Waals surface area contributed by atoms with Gasteiger partial charge in [-0.2, -0.15) is 0 Å². The molecule has 2 rings (SSSR count). The van der Waals surface area contributed by atoms with Gasteiger partial charge in [0.1, 0.15) is 11.6 Å². The summed E-state index contributed by atoms with van der Waals surface area (Å²) in [6, 6.07) is 4.98. The van der Waals surface area contributed by atoms with Crippen LogP contribution in [-0.4, -0.2) is 16.0 Å². The third kappa shape index (κ3) is 2.37. The first-order valence-corrected chi connectivity index (χ1v) is 5.07. The van der Waals surface area contributed by atoms with Crippen molar-refractivity contribution < 1.29 is 14.3 Å². The maximum atomic E-state index is 13.0. The summed E-state index contributed by atoms with van der Waals surface area (Å²) < 4.78 is 13.0. The van der Waals surface area contributed by atoms with Crippen molar-refractivity contribution in [1.29, 1.82) is 0 Å². The first-order chi connectivity index (χ1) is 8.58. The Labute approximate surface area is 102 Å². The Bertz CT molecular complexity index is 602. The molecule has 0 unspecified atom stereocenters. The van der Waals surface area contributed by atoms with Crippen molar-refractivity contribution in [3.05, 3.63) is 48.0 Å². The van der Waals surface area contributed by atoms with Crippen molar-refractivity contribution in [2.75, 3.05) is 11.1 Å². The maximum absolute atomic E-state index is 13.0. The summed E-state index contributed by atoms with van der Waals surface area (Å²) in [6.45, 7) is 0. The number of pyridine rings is 1. The lowest BCUT2D eigenvalue weighted by atomic mass is 10.2. The SMILES string of the molecule is Nc1ccc(F)cc1NC(=O)c1ccncc1O. The van der Waals surface area contributed by atoms with E-state index in [0.717, 1.165) is 12.3 Å². The predicted octanol–water partition coefficient (Wildman–Crippen LogP) is 1.76. The highest BCUT2D eigenvalue weighted by Crippen LogP contribution is 2.22. The first-order valence-electron chi connectivity index (χ1n) is 5.07. The molecule has 0 spiro atoms. The van der Waals surface area contributed by atoms with Crippen LogP contribution in [0.2, 0.25) is 0 Å². The Morgan fingerprint density at radius 1 is 1.39 bits per heavy atom. The van der Waals surface area contributed by atoms with Gasteiger partial charge in [0.25, 0.3) is 5.91 Å². The quantitative estimate of drug-likeness (QED) is 0.705. The van der Waals surface area contributed by atoms with Gasteiger partial charge < -0.3 is 16.2 Å². The number of rotatable bonds is 2. The van der Waals surface area contributed by atoms with E-state index in [4.69, 9.17) is 5.73 Å². The Kier molecular flexibility index (Phi) is 3.09. The Balaban J connectivity index is 2.27. The fraction of sp³-hybridized carbons (Fsp3) is 0. The molecule has 4 N–H and O–H groups in total. The zero-order valence-corrected chi connectivity index (χ0v) is 9.22. The second-order valence-corrected chi connectivity index (χ2v) is 3.58. The van der Waals surface area contributed by atoms with Gasteiger partial charge in [-0.05, 0) is 24.3 Å². The second kappa shape index (κ2) is 4.70. The molecule has 5 nitrogen and oxygen atoms in total. The van der Waals surface area contributed by atoms with Crippen molar-refractivity contribution in [3.63, 3.8) is 0 Å². The van der Waals surface area contributed by atoms with Crippen LogP contribution in [0.1, 0.15) is 10.4 Å². The summed E-state index contributed by atoms with van der Waals surface area (Å²) in [7, 11) is 0. The van der Waals surface area contributed by atoms with Crippen molar-refractivity contribution in [2.45, 2.75) is 0 Å². The monoisotopic (exact) mass is 247 g/mol. The van der Waals surface area contributed by atoms with Gasteiger partial charge in [-0.1, -0.05) is 0 Å². The molecular formula is C12H10FN3O2. The van der Waals surface area contributed by atoms with Gasteiger partial charge >= 0.3 is 0 Å². The van der Waals surface area contributed by atoms with Crippen LogP contribution in [0.4, 0.5) is 15.8 Å². The molecule has 0 aliphatic rings. The predicted molar refractivity (Wildman–Crippen MR) is 64.7 cm³/mol. The largest absolute Gasteiger partial charge is 0.505 e. The number of nitrogens with two attached hydrogens (primary N) is 1. The lowest BCUT2D eigenvalue weighted by molar-refractivity contribution is 0.102. The number of aromatic nitrogens is 1. The van der Waals surface area contributed by atoms with E-state index < -0.39 is 11.7 Å². The van der Waals surface area contributed by atoms with Gasteiger partial charge in [-0.3, -0.25) is 9.78 Å². The Hall–Kier alpha value is -2.63. The third-order valence-electron chi connectivity index (χ3n) is 2.31. The van der Waals surface area contributed by atoms with E-state index in [1.807, 2.05) is 0 Å². The summed E-state index contributed by atoms with van der Waals surface area (Å²) in [5.41, 5.74) is 6.02. The lowest BCUT2D eigenvalue weighted by Gasteiger charge is -2.08. The second-order valence-electron chi connectivity index (χ2n) is 3.58. The molecule has 1 amide bonds. The average molecular weight is 247 g/mol. The van der Waals surface area contributed by atoms with E-state index in [-0.39, 0.29) is 22.7 Å². The molecule has 0 radical (unpaired) electrons. The topological polar surface area (TPSA) is 88.2 Å². The summed E-state index contributed by atoms with van der Waals surface area (Å²) in [5, 5.41) is 11.9. The molecule has 0 fully saturated rings. The number of hydrogen-bond acceptors (Lipinski definition) is 4. The van der Waals surface area contributed by atoms with Crippen molar-refractivity contribution in [2.24, 2.45) is 0 Å². The molecule has 92 valence electrons. The molecule has 18 heavy (non-hydrogen) atoms. The summed E-state index contributed by atoms with van der Waals surface area (Å²) in [6.07, 6.45) is 2.51. The molecule has 1 aromatic heterocycles. The minimum absolute atomic E-state index is 0.0358. The number of hydrogen-bond donors (Lipinski definition) is 3. The number of aromatic hydroxyl groups is 1. The van der Waals surface area contributed by atoms with Crippen LogP contribution >= 0.6 is 0 Å². The standard InChI is InChI=1S/C12H10FN3O2/c13-7-1-2-9(14)10(5-7)16-12(18)8-3-4-15-6-11(8)17/h1-6,17H,14H2,(H,16,18). The van der Waals surface area contributed by atoms with E-state index in [1.165, 1.54) is 24.4 Å². The summed E-state index contributed by atoms with van der Waals surface area (Å²) in [4.78, 5) is 15.5. The molecule has 1 heterocycles. The van der Waals surface area contributed by atoms with Crippen molar-refractivity contribution in [3.8, 4) is 5.75 Å². The molecule has 0 atom stereocenters. The molecule has 0 saturated heterocycles. The molecule has 0 bridgehead atoms. The normalized spacial score (nSPS) is 10.1. The van der Waals surface area contributed by atoms with Gasteiger partial charge in [0, 0.05) is 6.20 Å². The van der Waals surface area contributed by atoms with Crippen LogP contribution in [0.25, 0.3) is 0 Å². The number of halogens is 1. The lowest BCUT2D eigenvalue weighted by Crippen LogP contribution is -2.13. The minimum Gasteiger partial charge on any atom is -0.505 e. The smallest absolute Gasteiger partial charge is 0.259 e. The van der Waals surface area contributed by atoms with Crippen LogP contribution in [0.5, 0.6) is 5.75 Å².